The third-order valence-corrected chi connectivity index (χ3v) is 4.25. The molecule has 27 heavy (non-hydrogen) atoms. The maximum atomic E-state index is 12.5. The zero-order valence-corrected chi connectivity index (χ0v) is 15.2. The third-order valence-electron chi connectivity index (χ3n) is 4.25. The van der Waals surface area contributed by atoms with Crippen LogP contribution in [0.5, 0.6) is 0 Å². The zero-order chi connectivity index (χ0) is 19.1. The number of benzene rings is 3. The van der Waals surface area contributed by atoms with Crippen LogP contribution in [0.25, 0.3) is 11.1 Å². The monoisotopic (exact) mass is 359 g/mol. The van der Waals surface area contributed by atoms with Gasteiger partial charge in [0, 0.05) is 13.6 Å². The summed E-state index contributed by atoms with van der Waals surface area (Å²) in [4.78, 5) is 26.4. The average Bonchev–Trinajstić information content (AvgIpc) is 2.73. The zero-order valence-electron chi connectivity index (χ0n) is 15.2. The molecule has 0 aromatic heterocycles. The molecule has 0 radical (unpaired) electrons. The molecule has 3 aromatic rings. The Bertz CT molecular complexity index is 907. The van der Waals surface area contributed by atoms with Gasteiger partial charge in [-0.15, -0.1) is 0 Å². The van der Waals surface area contributed by atoms with E-state index in [-0.39, 0.29) is 12.5 Å². The van der Waals surface area contributed by atoms with E-state index in [9.17, 15) is 9.59 Å². The van der Waals surface area contributed by atoms with Crippen LogP contribution in [0.15, 0.2) is 84.9 Å². The molecule has 3 aromatic carbocycles. The van der Waals surface area contributed by atoms with E-state index in [1.807, 2.05) is 72.8 Å². The fourth-order valence-corrected chi connectivity index (χ4v) is 2.79. The van der Waals surface area contributed by atoms with Crippen molar-refractivity contribution in [1.29, 1.82) is 0 Å². The molecule has 0 spiro atoms. The van der Waals surface area contributed by atoms with Crippen LogP contribution in [0.1, 0.15) is 15.9 Å². The number of esters is 1. The maximum Gasteiger partial charge on any atom is 0.339 e. The summed E-state index contributed by atoms with van der Waals surface area (Å²) in [6.07, 6.45) is 0. The Morgan fingerprint density at radius 1 is 0.815 bits per heavy atom. The molecule has 4 nitrogen and oxygen atoms in total. The van der Waals surface area contributed by atoms with Crippen LogP contribution >= 0.6 is 0 Å². The summed E-state index contributed by atoms with van der Waals surface area (Å²) in [7, 11) is 1.70. The van der Waals surface area contributed by atoms with Gasteiger partial charge in [-0.05, 0) is 22.8 Å². The van der Waals surface area contributed by atoms with Crippen LogP contribution in [-0.2, 0) is 16.1 Å². The van der Waals surface area contributed by atoms with Crippen LogP contribution in [0.3, 0.4) is 0 Å². The molecule has 0 aliphatic heterocycles. The second-order valence-corrected chi connectivity index (χ2v) is 6.22. The lowest BCUT2D eigenvalue weighted by Gasteiger charge is -2.17. The van der Waals surface area contributed by atoms with E-state index in [2.05, 4.69) is 0 Å². The fourth-order valence-electron chi connectivity index (χ4n) is 2.79. The summed E-state index contributed by atoms with van der Waals surface area (Å²) < 4.78 is 5.28. The van der Waals surface area contributed by atoms with Crippen LogP contribution in [0, 0.1) is 0 Å². The second-order valence-electron chi connectivity index (χ2n) is 6.22. The van der Waals surface area contributed by atoms with Crippen LogP contribution < -0.4 is 0 Å². The van der Waals surface area contributed by atoms with Crippen molar-refractivity contribution in [1.82, 2.24) is 4.90 Å². The van der Waals surface area contributed by atoms with Crippen molar-refractivity contribution in [2.24, 2.45) is 0 Å². The van der Waals surface area contributed by atoms with E-state index in [0.29, 0.717) is 12.1 Å². The minimum Gasteiger partial charge on any atom is -0.452 e. The topological polar surface area (TPSA) is 46.6 Å². The van der Waals surface area contributed by atoms with Gasteiger partial charge < -0.3 is 9.64 Å². The summed E-state index contributed by atoms with van der Waals surface area (Å²) in [6, 6.07) is 26.5. The number of nitrogens with zero attached hydrogens (tertiary/aromatic N) is 1. The van der Waals surface area contributed by atoms with Crippen molar-refractivity contribution in [3.63, 3.8) is 0 Å². The van der Waals surface area contributed by atoms with Crippen molar-refractivity contribution in [3.8, 4) is 11.1 Å². The Balaban J connectivity index is 1.64. The van der Waals surface area contributed by atoms with Gasteiger partial charge in [0.1, 0.15) is 0 Å². The van der Waals surface area contributed by atoms with Crippen molar-refractivity contribution in [3.05, 3.63) is 96.1 Å². The molecule has 0 bridgehead atoms. The number of rotatable bonds is 6. The molecule has 0 unspecified atom stereocenters. The highest BCUT2D eigenvalue weighted by Crippen LogP contribution is 2.24. The quantitative estimate of drug-likeness (QED) is 0.621. The van der Waals surface area contributed by atoms with Crippen LogP contribution in [0.4, 0.5) is 0 Å². The minimum absolute atomic E-state index is 0.246. The number of likely N-dealkylation sites (N-methyl/N-ethyl adjacent to an activating group) is 1. The molecule has 0 heterocycles. The first kappa shape index (κ1) is 18.4. The lowest BCUT2D eigenvalue weighted by Crippen LogP contribution is -2.30. The number of hydrogen-bond acceptors (Lipinski definition) is 3. The summed E-state index contributed by atoms with van der Waals surface area (Å²) in [5, 5.41) is 0. The summed E-state index contributed by atoms with van der Waals surface area (Å²) in [5.41, 5.74) is 3.18. The highest BCUT2D eigenvalue weighted by atomic mass is 16.5. The lowest BCUT2D eigenvalue weighted by molar-refractivity contribution is -0.133. The second kappa shape index (κ2) is 8.81. The first-order valence-corrected chi connectivity index (χ1v) is 8.74. The van der Waals surface area contributed by atoms with E-state index in [1.54, 1.807) is 24.1 Å². The van der Waals surface area contributed by atoms with Gasteiger partial charge >= 0.3 is 5.97 Å². The van der Waals surface area contributed by atoms with Crippen molar-refractivity contribution in [2.75, 3.05) is 13.7 Å². The van der Waals surface area contributed by atoms with Gasteiger partial charge in [-0.25, -0.2) is 4.79 Å². The molecule has 1 amide bonds. The highest BCUT2D eigenvalue weighted by molar-refractivity contribution is 5.98. The lowest BCUT2D eigenvalue weighted by atomic mass is 10.00. The van der Waals surface area contributed by atoms with E-state index in [0.717, 1.165) is 16.7 Å². The maximum absolute atomic E-state index is 12.5. The van der Waals surface area contributed by atoms with Crippen LogP contribution in [-0.4, -0.2) is 30.4 Å². The molecule has 136 valence electrons. The third kappa shape index (κ3) is 4.82. The normalized spacial score (nSPS) is 10.3. The van der Waals surface area contributed by atoms with Crippen LogP contribution in [0.2, 0.25) is 0 Å². The predicted octanol–water partition coefficient (Wildman–Crippen LogP) is 4.17. The molecule has 0 aliphatic carbocycles. The first-order valence-electron chi connectivity index (χ1n) is 8.74. The molecule has 4 heteroatoms. The standard InChI is InChI=1S/C23H21NO3/c1-24(16-18-10-4-2-5-11-18)22(25)17-27-23(26)21-15-9-8-14-20(21)19-12-6-3-7-13-19/h2-15H,16-17H2,1H3. The van der Waals surface area contributed by atoms with Gasteiger partial charge in [0.05, 0.1) is 5.56 Å². The molecule has 0 saturated carbocycles. The van der Waals surface area contributed by atoms with Gasteiger partial charge in [0.15, 0.2) is 6.61 Å². The average molecular weight is 359 g/mol. The Morgan fingerprint density at radius 2 is 1.41 bits per heavy atom. The number of amides is 1. The van der Waals surface area contributed by atoms with Gasteiger partial charge in [0.2, 0.25) is 0 Å². The predicted molar refractivity (Wildman–Crippen MR) is 105 cm³/mol. The van der Waals surface area contributed by atoms with Gasteiger partial charge in [-0.1, -0.05) is 78.9 Å². The summed E-state index contributed by atoms with van der Waals surface area (Å²) in [6.45, 7) is 0.184. The smallest absolute Gasteiger partial charge is 0.339 e. The van der Waals surface area contributed by atoms with E-state index < -0.39 is 5.97 Å². The number of hydrogen-bond donors (Lipinski definition) is 0. The van der Waals surface area contributed by atoms with Gasteiger partial charge in [-0.2, -0.15) is 0 Å². The molecular formula is C23H21NO3. The largest absolute Gasteiger partial charge is 0.452 e. The number of carbonyl (C=O) groups excluding carboxylic acids is 2. The Kier molecular flexibility index (Phi) is 6.00. The summed E-state index contributed by atoms with van der Waals surface area (Å²) >= 11 is 0. The Hall–Kier alpha value is -3.40. The van der Waals surface area contributed by atoms with E-state index in [1.165, 1.54) is 0 Å². The SMILES string of the molecule is CN(Cc1ccccc1)C(=O)COC(=O)c1ccccc1-c1ccccc1. The van der Waals surface area contributed by atoms with Gasteiger partial charge in [0.25, 0.3) is 5.91 Å². The van der Waals surface area contributed by atoms with E-state index >= 15 is 0 Å². The first-order chi connectivity index (χ1) is 13.1. The summed E-state index contributed by atoms with van der Waals surface area (Å²) in [5.74, 6) is -0.750. The van der Waals surface area contributed by atoms with Crippen molar-refractivity contribution < 1.29 is 14.3 Å². The molecule has 0 N–H and O–H groups in total. The number of ether oxygens (including phenoxy) is 1. The van der Waals surface area contributed by atoms with Gasteiger partial charge in [-0.3, -0.25) is 4.79 Å². The minimum atomic E-state index is -0.504. The van der Waals surface area contributed by atoms with E-state index in [4.69, 9.17) is 4.74 Å². The van der Waals surface area contributed by atoms with Crippen molar-refractivity contribution >= 4 is 11.9 Å². The highest BCUT2D eigenvalue weighted by Gasteiger charge is 2.17. The molecular weight excluding hydrogens is 338 g/mol. The number of carbonyl (C=O) groups is 2. The van der Waals surface area contributed by atoms with Crippen molar-refractivity contribution in [2.45, 2.75) is 6.54 Å². The Morgan fingerprint density at radius 3 is 2.11 bits per heavy atom. The Labute approximate surface area is 159 Å². The molecule has 0 fully saturated rings. The molecule has 0 saturated heterocycles. The molecule has 0 aliphatic rings. The molecule has 0 atom stereocenters. The fraction of sp³-hybridized carbons (Fsp3) is 0.130. The molecule has 3 rings (SSSR count).